The van der Waals surface area contributed by atoms with Crippen LogP contribution in [-0.2, 0) is 16.0 Å². The van der Waals surface area contributed by atoms with Crippen LogP contribution in [0.1, 0.15) is 53.4 Å². The third kappa shape index (κ3) is 6.76. The quantitative estimate of drug-likeness (QED) is 0.294. The van der Waals surface area contributed by atoms with Gasteiger partial charge in [-0.15, -0.1) is 11.8 Å². The van der Waals surface area contributed by atoms with Crippen molar-refractivity contribution in [3.8, 4) is 11.5 Å². The molecule has 4 N–H and O–H groups in total. The van der Waals surface area contributed by atoms with Crippen molar-refractivity contribution in [2.24, 2.45) is 0 Å². The first kappa shape index (κ1) is 32.2. The number of benzene rings is 3. The number of nitrogens with one attached hydrogen (secondary N) is 2. The highest BCUT2D eigenvalue weighted by Gasteiger charge is 2.50. The van der Waals surface area contributed by atoms with Crippen LogP contribution in [0.5, 0.6) is 11.5 Å². The van der Waals surface area contributed by atoms with E-state index in [1.54, 1.807) is 45.0 Å². The fraction of sp³-hybridized carbons (Fsp3) is 0.364. The normalized spacial score (nSPS) is 20.0. The lowest BCUT2D eigenvalue weighted by molar-refractivity contribution is -0.147. The number of nitrogens with zero attached hydrogens (tertiary/aromatic N) is 1. The molecule has 2 aliphatic heterocycles. The summed E-state index contributed by atoms with van der Waals surface area (Å²) in [6.45, 7) is 5.29. The van der Waals surface area contributed by atoms with Gasteiger partial charge in [0.25, 0.3) is 11.8 Å². The van der Waals surface area contributed by atoms with Crippen LogP contribution in [0.15, 0.2) is 60.7 Å². The summed E-state index contributed by atoms with van der Waals surface area (Å²) in [5.74, 6) is -3.67. The number of carbonyl (C=O) groups is 3. The highest BCUT2D eigenvalue weighted by Crippen LogP contribution is 2.41. The predicted molar refractivity (Wildman–Crippen MR) is 165 cm³/mol. The summed E-state index contributed by atoms with van der Waals surface area (Å²) < 4.78 is 33.1. The molecule has 0 aliphatic carbocycles. The zero-order valence-corrected chi connectivity index (χ0v) is 25.9. The first-order valence-electron chi connectivity index (χ1n) is 14.6. The van der Waals surface area contributed by atoms with E-state index in [2.05, 4.69) is 10.6 Å². The maximum atomic E-state index is 14.4. The van der Waals surface area contributed by atoms with Crippen molar-refractivity contribution >= 4 is 29.5 Å². The van der Waals surface area contributed by atoms with E-state index in [1.165, 1.54) is 34.9 Å². The second kappa shape index (κ2) is 13.1. The van der Waals surface area contributed by atoms with Crippen LogP contribution in [0.4, 0.5) is 8.78 Å². The van der Waals surface area contributed by atoms with Crippen LogP contribution in [-0.4, -0.2) is 68.3 Å². The topological polar surface area (TPSA) is 128 Å². The molecule has 1 fully saturated rings. The van der Waals surface area contributed by atoms with Gasteiger partial charge in [0.05, 0.1) is 24.6 Å². The smallest absolute Gasteiger partial charge is 0.254 e. The molecule has 1 saturated heterocycles. The molecule has 3 aromatic carbocycles. The monoisotopic (exact) mass is 639 g/mol. The number of amides is 3. The van der Waals surface area contributed by atoms with Crippen LogP contribution >= 0.6 is 11.8 Å². The van der Waals surface area contributed by atoms with Gasteiger partial charge in [-0.1, -0.05) is 36.4 Å². The number of aromatic hydroxyl groups is 1. The Labute approximate surface area is 264 Å². The fourth-order valence-corrected chi connectivity index (χ4v) is 6.95. The summed E-state index contributed by atoms with van der Waals surface area (Å²) in [6, 6.07) is 12.5. The number of phenols is 1. The number of hydrogen-bond donors (Lipinski definition) is 4. The molecule has 5 rings (SSSR count). The predicted octanol–water partition coefficient (Wildman–Crippen LogP) is 4.00. The van der Waals surface area contributed by atoms with Crippen molar-refractivity contribution in [2.45, 2.75) is 62.6 Å². The molecule has 0 spiro atoms. The number of thioether (sulfide) groups is 1. The van der Waals surface area contributed by atoms with Crippen LogP contribution in [0.25, 0.3) is 0 Å². The Morgan fingerprint density at radius 3 is 2.58 bits per heavy atom. The minimum atomic E-state index is -1.73. The Balaban J connectivity index is 1.39. The Morgan fingerprint density at radius 2 is 1.84 bits per heavy atom. The van der Waals surface area contributed by atoms with Crippen LogP contribution in [0, 0.1) is 18.6 Å². The van der Waals surface area contributed by atoms with Crippen molar-refractivity contribution in [3.63, 3.8) is 0 Å². The number of rotatable bonds is 8. The first-order valence-corrected chi connectivity index (χ1v) is 15.5. The number of hydrogen-bond acceptors (Lipinski definition) is 7. The van der Waals surface area contributed by atoms with E-state index in [9.17, 15) is 33.4 Å². The largest absolute Gasteiger partial charge is 0.508 e. The van der Waals surface area contributed by atoms with Crippen molar-refractivity contribution in [1.29, 1.82) is 0 Å². The van der Waals surface area contributed by atoms with Crippen molar-refractivity contribution in [3.05, 3.63) is 94.6 Å². The molecule has 0 saturated carbocycles. The third-order valence-electron chi connectivity index (χ3n) is 8.26. The maximum Gasteiger partial charge on any atom is 0.254 e. The molecule has 3 amide bonds. The van der Waals surface area contributed by atoms with Gasteiger partial charge < -0.3 is 30.5 Å². The Bertz CT molecular complexity index is 1600. The van der Waals surface area contributed by atoms with E-state index in [4.69, 9.17) is 4.74 Å². The van der Waals surface area contributed by atoms with Gasteiger partial charge in [0.2, 0.25) is 5.91 Å². The van der Waals surface area contributed by atoms with Gasteiger partial charge in [0, 0.05) is 33.9 Å². The molecule has 0 bridgehead atoms. The van der Waals surface area contributed by atoms with E-state index in [-0.39, 0.29) is 48.0 Å². The van der Waals surface area contributed by atoms with Gasteiger partial charge in [0.1, 0.15) is 17.6 Å². The van der Waals surface area contributed by atoms with E-state index >= 15 is 0 Å². The number of aliphatic hydroxyl groups excluding tert-OH is 1. The molecule has 12 heteroatoms. The van der Waals surface area contributed by atoms with Gasteiger partial charge in [-0.25, -0.2) is 8.78 Å². The highest BCUT2D eigenvalue weighted by atomic mass is 32.2. The second-order valence-corrected chi connectivity index (χ2v) is 13.4. The van der Waals surface area contributed by atoms with Gasteiger partial charge >= 0.3 is 0 Å². The average molecular weight is 640 g/mol. The Hall–Kier alpha value is -4.16. The summed E-state index contributed by atoms with van der Waals surface area (Å²) in [5, 5.41) is 27.2. The first-order chi connectivity index (χ1) is 21.4. The molecular weight excluding hydrogens is 604 g/mol. The molecule has 0 aromatic heterocycles. The van der Waals surface area contributed by atoms with E-state index in [0.29, 0.717) is 11.6 Å². The van der Waals surface area contributed by atoms with Gasteiger partial charge in [0.15, 0.2) is 17.7 Å². The fourth-order valence-electron chi connectivity index (χ4n) is 5.81. The summed E-state index contributed by atoms with van der Waals surface area (Å²) in [4.78, 5) is 42.4. The highest BCUT2D eigenvalue weighted by molar-refractivity contribution is 8.00. The lowest BCUT2D eigenvalue weighted by Crippen LogP contribution is -2.59. The number of ether oxygens (including phenoxy) is 1. The number of halogens is 2. The summed E-state index contributed by atoms with van der Waals surface area (Å²) in [6.07, 6.45) is -1.37. The van der Waals surface area contributed by atoms with Crippen molar-refractivity contribution < 1.29 is 38.1 Å². The number of carbonyl (C=O) groups excluding carboxylic acids is 3. The molecule has 238 valence electrons. The molecule has 2 aliphatic rings. The molecule has 0 unspecified atom stereocenters. The lowest BCUT2D eigenvalue weighted by Gasteiger charge is -2.35. The van der Waals surface area contributed by atoms with Crippen molar-refractivity contribution in [2.75, 3.05) is 12.5 Å². The molecule has 9 nitrogen and oxygen atoms in total. The summed E-state index contributed by atoms with van der Waals surface area (Å²) in [5.41, 5.74) is 1.46. The van der Waals surface area contributed by atoms with Gasteiger partial charge in [-0.2, -0.15) is 0 Å². The van der Waals surface area contributed by atoms with E-state index < -0.39 is 58.3 Å². The Kier molecular flexibility index (Phi) is 9.36. The molecular formula is C33H35F2N3O6S. The molecule has 4 atom stereocenters. The van der Waals surface area contributed by atoms with Crippen LogP contribution in [0.3, 0.4) is 0 Å². The minimum Gasteiger partial charge on any atom is -0.508 e. The molecule has 3 aromatic rings. The zero-order chi connectivity index (χ0) is 32.5. The van der Waals surface area contributed by atoms with E-state index in [0.717, 1.165) is 11.6 Å². The van der Waals surface area contributed by atoms with E-state index in [1.807, 2.05) is 6.07 Å². The number of fused-ring (bicyclic) bond motifs is 1. The van der Waals surface area contributed by atoms with Crippen LogP contribution in [0.2, 0.25) is 0 Å². The lowest BCUT2D eigenvalue weighted by atomic mass is 9.95. The summed E-state index contributed by atoms with van der Waals surface area (Å²) >= 11 is 1.35. The SMILES string of the molecule is Cc1c(O)cccc1C(=O)N[C@@H](Cc1ccccc1)[C@H](O)C(=O)N1CSC(C)(C)[C@H]1C(=O)N[C@H]1CCOc2c(F)cc(F)cc21. The number of phenolic OH excluding ortho intramolecular Hbond substituents is 1. The van der Waals surface area contributed by atoms with Gasteiger partial charge in [-0.3, -0.25) is 14.4 Å². The molecule has 0 radical (unpaired) electrons. The van der Waals surface area contributed by atoms with Crippen molar-refractivity contribution in [1.82, 2.24) is 15.5 Å². The minimum absolute atomic E-state index is 0.0679. The number of aliphatic hydroxyl groups is 1. The standard InChI is InChI=1S/C33H35F2N3O6S/c1-18-21(10-7-11-26(18)39)30(41)37-25(14-19-8-5-4-6-9-19)27(40)32(43)38-17-45-33(2,3)29(38)31(42)36-24-12-13-44-28-22(24)15-20(34)16-23(28)35/h4-11,15-16,24-25,27,29,39-40H,12-14,17H2,1-3H3,(H,36,42)(H,37,41)/t24-,25-,27-,29+/m0/s1. The van der Waals surface area contributed by atoms with Crippen LogP contribution < -0.4 is 15.4 Å². The molecule has 2 heterocycles. The van der Waals surface area contributed by atoms with Gasteiger partial charge in [-0.05, 0) is 51.0 Å². The summed E-state index contributed by atoms with van der Waals surface area (Å²) in [7, 11) is 0. The zero-order valence-electron chi connectivity index (χ0n) is 25.1. The maximum absolute atomic E-state index is 14.4. The third-order valence-corrected chi connectivity index (χ3v) is 9.63. The molecule has 45 heavy (non-hydrogen) atoms. The second-order valence-electron chi connectivity index (χ2n) is 11.8. The Morgan fingerprint density at radius 1 is 1.11 bits per heavy atom. The average Bonchev–Trinajstić information content (AvgIpc) is 3.33.